The third-order valence-corrected chi connectivity index (χ3v) is 3.28. The zero-order chi connectivity index (χ0) is 13.7. The number of β-amino-alcohol motifs (C(OH)–C–C–N with tert-alkyl or cyclic N) is 1. The maximum absolute atomic E-state index is 11.8. The molecule has 0 bridgehead atoms. The summed E-state index contributed by atoms with van der Waals surface area (Å²) >= 11 is 0. The van der Waals surface area contributed by atoms with Crippen molar-refractivity contribution in [3.63, 3.8) is 0 Å². The van der Waals surface area contributed by atoms with Crippen LogP contribution in [0.15, 0.2) is 0 Å². The molecule has 104 valence electrons. The minimum absolute atomic E-state index is 0.0326. The molecule has 1 aliphatic heterocycles. The predicted octanol–water partition coefficient (Wildman–Crippen LogP) is 0.509. The lowest BCUT2D eigenvalue weighted by molar-refractivity contribution is -0.142. The summed E-state index contributed by atoms with van der Waals surface area (Å²) in [5, 5.41) is 21.1. The summed E-state index contributed by atoms with van der Waals surface area (Å²) in [6.07, 6.45) is 1.03. The molecule has 0 aliphatic carbocycles. The first kappa shape index (κ1) is 14.8. The van der Waals surface area contributed by atoms with Gasteiger partial charge in [0, 0.05) is 19.6 Å². The number of carboxylic acids is 1. The molecule has 2 unspecified atom stereocenters. The van der Waals surface area contributed by atoms with Crippen LogP contribution < -0.4 is 5.32 Å². The van der Waals surface area contributed by atoms with Gasteiger partial charge in [0.25, 0.3) is 0 Å². The van der Waals surface area contributed by atoms with E-state index < -0.39 is 18.0 Å². The second-order valence-corrected chi connectivity index (χ2v) is 5.12. The molecule has 6 heteroatoms. The Morgan fingerprint density at radius 2 is 2.11 bits per heavy atom. The van der Waals surface area contributed by atoms with E-state index in [-0.39, 0.29) is 18.5 Å². The molecule has 1 aliphatic rings. The van der Waals surface area contributed by atoms with Gasteiger partial charge in [-0.2, -0.15) is 0 Å². The fraction of sp³-hybridized carbons (Fsp3) is 0.833. The highest BCUT2D eigenvalue weighted by Crippen LogP contribution is 2.12. The zero-order valence-corrected chi connectivity index (χ0v) is 10.9. The number of nitrogens with zero attached hydrogens (tertiary/aromatic N) is 1. The highest BCUT2D eigenvalue weighted by Gasteiger charge is 2.25. The molecule has 0 radical (unpaired) electrons. The first-order valence-corrected chi connectivity index (χ1v) is 6.35. The Hall–Kier alpha value is -1.30. The smallest absolute Gasteiger partial charge is 0.317 e. The molecule has 0 aromatic carbocycles. The number of piperidine rings is 1. The average molecular weight is 258 g/mol. The molecule has 1 rings (SSSR count). The normalized spacial score (nSPS) is 21.8. The third-order valence-electron chi connectivity index (χ3n) is 3.28. The molecule has 1 saturated heterocycles. The molecule has 6 nitrogen and oxygen atoms in total. The number of carbonyl (C=O) groups excluding carboxylic acids is 1. The Morgan fingerprint density at radius 3 is 2.61 bits per heavy atom. The van der Waals surface area contributed by atoms with Crippen LogP contribution in [0.4, 0.5) is 4.79 Å². The van der Waals surface area contributed by atoms with E-state index in [9.17, 15) is 14.7 Å². The Balaban J connectivity index is 2.42. The van der Waals surface area contributed by atoms with Crippen molar-refractivity contribution in [3.05, 3.63) is 0 Å². The summed E-state index contributed by atoms with van der Waals surface area (Å²) in [6.45, 7) is 4.69. The van der Waals surface area contributed by atoms with E-state index in [1.807, 2.05) is 13.8 Å². The number of amides is 2. The molecule has 2 atom stereocenters. The van der Waals surface area contributed by atoms with Gasteiger partial charge in [0.15, 0.2) is 0 Å². The van der Waals surface area contributed by atoms with E-state index in [1.54, 1.807) is 0 Å². The first-order chi connectivity index (χ1) is 8.41. The van der Waals surface area contributed by atoms with Gasteiger partial charge in [0.1, 0.15) is 0 Å². The highest BCUT2D eigenvalue weighted by molar-refractivity contribution is 5.76. The van der Waals surface area contributed by atoms with Crippen LogP contribution >= 0.6 is 0 Å². The number of aliphatic hydroxyl groups is 1. The van der Waals surface area contributed by atoms with E-state index in [2.05, 4.69) is 5.32 Å². The molecule has 3 N–H and O–H groups in total. The van der Waals surface area contributed by atoms with Crippen LogP contribution in [0.5, 0.6) is 0 Å². The van der Waals surface area contributed by atoms with Crippen LogP contribution in [0.3, 0.4) is 0 Å². The van der Waals surface area contributed by atoms with Crippen LogP contribution in [0.1, 0.15) is 26.7 Å². The minimum Gasteiger partial charge on any atom is -0.481 e. The number of likely N-dealkylation sites (tertiary alicyclic amines) is 1. The van der Waals surface area contributed by atoms with Crippen LogP contribution in [-0.4, -0.2) is 52.9 Å². The van der Waals surface area contributed by atoms with Crippen LogP contribution in [0, 0.1) is 11.8 Å². The van der Waals surface area contributed by atoms with Gasteiger partial charge >= 0.3 is 12.0 Å². The van der Waals surface area contributed by atoms with Crippen LogP contribution in [-0.2, 0) is 4.79 Å². The van der Waals surface area contributed by atoms with E-state index >= 15 is 0 Å². The Bertz CT molecular complexity index is 306. The van der Waals surface area contributed by atoms with Crippen molar-refractivity contribution in [2.45, 2.75) is 32.8 Å². The molecule has 18 heavy (non-hydrogen) atoms. The lowest BCUT2D eigenvalue weighted by Crippen LogP contribution is -2.48. The number of urea groups is 1. The fourth-order valence-corrected chi connectivity index (χ4v) is 2.06. The van der Waals surface area contributed by atoms with Gasteiger partial charge in [-0.05, 0) is 18.8 Å². The number of carboxylic acid groups (broad SMARTS) is 1. The van der Waals surface area contributed by atoms with Crippen molar-refractivity contribution < 1.29 is 19.8 Å². The average Bonchev–Trinajstić information content (AvgIpc) is 2.28. The van der Waals surface area contributed by atoms with Gasteiger partial charge in [-0.3, -0.25) is 4.79 Å². The summed E-state index contributed by atoms with van der Waals surface area (Å²) in [5.74, 6) is -1.51. The van der Waals surface area contributed by atoms with E-state index in [4.69, 9.17) is 5.11 Å². The van der Waals surface area contributed by atoms with Crippen molar-refractivity contribution in [1.82, 2.24) is 10.2 Å². The van der Waals surface area contributed by atoms with Crippen LogP contribution in [0.25, 0.3) is 0 Å². The molecule has 1 heterocycles. The largest absolute Gasteiger partial charge is 0.481 e. The molecule has 1 fully saturated rings. The lowest BCUT2D eigenvalue weighted by atomic mass is 9.96. The van der Waals surface area contributed by atoms with E-state index in [0.29, 0.717) is 19.5 Å². The zero-order valence-electron chi connectivity index (χ0n) is 10.9. The number of carbonyl (C=O) groups is 2. The second-order valence-electron chi connectivity index (χ2n) is 5.12. The quantitative estimate of drug-likeness (QED) is 0.685. The van der Waals surface area contributed by atoms with Gasteiger partial charge in [-0.25, -0.2) is 4.79 Å². The second kappa shape index (κ2) is 6.58. The molecule has 0 saturated carbocycles. The maximum atomic E-state index is 11.8. The number of aliphatic hydroxyl groups excluding tert-OH is 1. The number of nitrogens with one attached hydrogen (secondary N) is 1. The van der Waals surface area contributed by atoms with Gasteiger partial charge in [0.05, 0.1) is 12.0 Å². The summed E-state index contributed by atoms with van der Waals surface area (Å²) in [6, 6.07) is -0.291. The molecule has 0 aromatic heterocycles. The predicted molar refractivity (Wildman–Crippen MR) is 66.2 cm³/mol. The molecular weight excluding hydrogens is 236 g/mol. The number of aliphatic carboxylic acids is 1. The van der Waals surface area contributed by atoms with Crippen molar-refractivity contribution >= 4 is 12.0 Å². The molecule has 0 aromatic rings. The van der Waals surface area contributed by atoms with Gasteiger partial charge in [-0.15, -0.1) is 0 Å². The summed E-state index contributed by atoms with van der Waals surface area (Å²) in [5.41, 5.74) is 0. The lowest BCUT2D eigenvalue weighted by Gasteiger charge is -2.30. The summed E-state index contributed by atoms with van der Waals surface area (Å²) < 4.78 is 0. The van der Waals surface area contributed by atoms with E-state index in [1.165, 1.54) is 4.90 Å². The van der Waals surface area contributed by atoms with Gasteiger partial charge in [-0.1, -0.05) is 13.8 Å². The van der Waals surface area contributed by atoms with Crippen LogP contribution in [0.2, 0.25) is 0 Å². The first-order valence-electron chi connectivity index (χ1n) is 6.35. The maximum Gasteiger partial charge on any atom is 0.317 e. The highest BCUT2D eigenvalue weighted by atomic mass is 16.4. The van der Waals surface area contributed by atoms with Gasteiger partial charge < -0.3 is 20.4 Å². The van der Waals surface area contributed by atoms with Crippen molar-refractivity contribution in [3.8, 4) is 0 Å². The molecular formula is C12H22N2O4. The van der Waals surface area contributed by atoms with Crippen molar-refractivity contribution in [1.29, 1.82) is 0 Å². The topological polar surface area (TPSA) is 89.9 Å². The van der Waals surface area contributed by atoms with Crippen molar-refractivity contribution in [2.24, 2.45) is 11.8 Å². The monoisotopic (exact) mass is 258 g/mol. The summed E-state index contributed by atoms with van der Waals surface area (Å²) in [4.78, 5) is 24.3. The Morgan fingerprint density at radius 1 is 1.44 bits per heavy atom. The summed E-state index contributed by atoms with van der Waals surface area (Å²) in [7, 11) is 0. The Kier molecular flexibility index (Phi) is 5.40. The van der Waals surface area contributed by atoms with E-state index in [0.717, 1.165) is 6.42 Å². The SMILES string of the molecule is CC(C)C(CNC(=O)N1CCCC(O)C1)C(=O)O. The molecule has 0 spiro atoms. The fourth-order valence-electron chi connectivity index (χ4n) is 2.06. The standard InChI is InChI=1S/C12H22N2O4/c1-8(2)10(11(16)17)6-13-12(18)14-5-3-4-9(15)7-14/h8-10,15H,3-7H2,1-2H3,(H,13,18)(H,16,17). The number of hydrogen-bond acceptors (Lipinski definition) is 3. The number of rotatable bonds is 4. The minimum atomic E-state index is -0.899. The Labute approximate surface area is 107 Å². The van der Waals surface area contributed by atoms with Gasteiger partial charge in [0.2, 0.25) is 0 Å². The molecule has 2 amide bonds. The number of hydrogen-bond donors (Lipinski definition) is 3. The third kappa shape index (κ3) is 4.18. The van der Waals surface area contributed by atoms with Crippen molar-refractivity contribution in [2.75, 3.05) is 19.6 Å².